The zero-order valence-corrected chi connectivity index (χ0v) is 14.3. The predicted molar refractivity (Wildman–Crippen MR) is 93.9 cm³/mol. The minimum atomic E-state index is -0.325. The summed E-state index contributed by atoms with van der Waals surface area (Å²) in [6, 6.07) is 6.12. The van der Waals surface area contributed by atoms with Crippen LogP contribution in [0.2, 0.25) is 0 Å². The highest BCUT2D eigenvalue weighted by Gasteiger charge is 2.21. The van der Waals surface area contributed by atoms with Gasteiger partial charge in [-0.1, -0.05) is 44.0 Å². The number of fused-ring (bicyclic) bond motifs is 1. The quantitative estimate of drug-likeness (QED) is 0.452. The van der Waals surface area contributed by atoms with E-state index in [4.69, 9.17) is 9.72 Å². The molecule has 0 unspecified atom stereocenters. The van der Waals surface area contributed by atoms with E-state index in [9.17, 15) is 4.79 Å². The Labute approximate surface area is 140 Å². The van der Waals surface area contributed by atoms with Crippen LogP contribution < -0.4 is 0 Å². The maximum atomic E-state index is 11.7. The lowest BCUT2D eigenvalue weighted by atomic mass is 10.1. The molecule has 122 valence electrons. The van der Waals surface area contributed by atoms with Crippen LogP contribution in [0.5, 0.6) is 0 Å². The summed E-state index contributed by atoms with van der Waals surface area (Å²) in [4.78, 5) is 16.5. The molecule has 1 aromatic heterocycles. The van der Waals surface area contributed by atoms with Crippen molar-refractivity contribution >= 4 is 28.8 Å². The Morgan fingerprint density at radius 2 is 2.09 bits per heavy atom. The lowest BCUT2D eigenvalue weighted by Crippen LogP contribution is -2.09. The molecule has 23 heavy (non-hydrogen) atoms. The van der Waals surface area contributed by atoms with Crippen LogP contribution in [0, 0.1) is 0 Å². The first kappa shape index (κ1) is 16.1. The molecule has 1 aliphatic rings. The molecule has 1 fully saturated rings. The summed E-state index contributed by atoms with van der Waals surface area (Å²) in [6.07, 6.45) is 7.55. The monoisotopic (exact) mass is 330 g/mol. The Balaban J connectivity index is 2.07. The van der Waals surface area contributed by atoms with Gasteiger partial charge in [-0.05, 0) is 36.4 Å². The van der Waals surface area contributed by atoms with E-state index < -0.39 is 0 Å². The minimum absolute atomic E-state index is 0.325. The molecule has 4 nitrogen and oxygen atoms in total. The van der Waals surface area contributed by atoms with Gasteiger partial charge in [-0.25, -0.2) is 9.78 Å². The van der Waals surface area contributed by atoms with E-state index >= 15 is 0 Å². The molecule has 2 aromatic rings. The Hall–Kier alpha value is -1.75. The Morgan fingerprint density at radius 3 is 2.74 bits per heavy atom. The second-order valence-electron chi connectivity index (χ2n) is 5.89. The van der Waals surface area contributed by atoms with Crippen LogP contribution in [0.4, 0.5) is 0 Å². The van der Waals surface area contributed by atoms with Crippen molar-refractivity contribution in [3.8, 4) is 0 Å². The molecule has 1 heterocycles. The van der Waals surface area contributed by atoms with E-state index in [-0.39, 0.29) is 5.97 Å². The highest BCUT2D eigenvalue weighted by atomic mass is 32.2. The largest absolute Gasteiger partial charge is 0.465 e. The number of esters is 1. The Kier molecular flexibility index (Phi) is 5.06. The van der Waals surface area contributed by atoms with Crippen molar-refractivity contribution in [1.29, 1.82) is 0 Å². The lowest BCUT2D eigenvalue weighted by molar-refractivity contribution is 0.0601. The first-order chi connectivity index (χ1) is 11.2. The number of carbonyl (C=O) groups excluding carboxylic acids is 1. The van der Waals surface area contributed by atoms with Crippen molar-refractivity contribution in [1.82, 2.24) is 9.55 Å². The van der Waals surface area contributed by atoms with Crippen LogP contribution in [-0.4, -0.2) is 22.6 Å². The number of imidazole rings is 1. The third kappa shape index (κ3) is 3.29. The summed E-state index contributed by atoms with van der Waals surface area (Å²) >= 11 is 1.55. The van der Waals surface area contributed by atoms with Crippen LogP contribution >= 0.6 is 11.8 Å². The lowest BCUT2D eigenvalue weighted by Gasteiger charge is -2.19. The fraction of sp³-hybridized carbons (Fsp3) is 0.444. The van der Waals surface area contributed by atoms with Gasteiger partial charge >= 0.3 is 5.97 Å². The molecule has 1 aromatic carbocycles. The summed E-state index contributed by atoms with van der Waals surface area (Å²) < 4.78 is 7.15. The number of hydrogen-bond acceptors (Lipinski definition) is 4. The molecule has 0 amide bonds. The van der Waals surface area contributed by atoms with Gasteiger partial charge in [-0.3, -0.25) is 0 Å². The van der Waals surface area contributed by atoms with Crippen molar-refractivity contribution in [2.75, 3.05) is 7.11 Å². The van der Waals surface area contributed by atoms with Gasteiger partial charge in [0.05, 0.1) is 23.7 Å². The zero-order valence-electron chi connectivity index (χ0n) is 13.5. The Bertz CT molecular complexity index is 715. The van der Waals surface area contributed by atoms with Gasteiger partial charge in [0, 0.05) is 6.04 Å². The molecule has 3 rings (SSSR count). The summed E-state index contributed by atoms with van der Waals surface area (Å²) in [5.74, 6) is -0.325. The van der Waals surface area contributed by atoms with Crippen molar-refractivity contribution in [3.63, 3.8) is 0 Å². The number of nitrogens with zero attached hydrogens (tertiary/aromatic N) is 2. The average Bonchev–Trinajstić information content (AvgIpc) is 2.74. The highest BCUT2D eigenvalue weighted by Crippen LogP contribution is 2.35. The maximum Gasteiger partial charge on any atom is 0.337 e. The van der Waals surface area contributed by atoms with Crippen molar-refractivity contribution in [2.45, 2.75) is 49.7 Å². The SMILES string of the molecule is C=CSc1nc2cc(C(=O)OC)ccc2n1C1CCCCCC1. The maximum absolute atomic E-state index is 11.7. The van der Waals surface area contributed by atoms with E-state index in [0.717, 1.165) is 16.2 Å². The molecule has 0 bridgehead atoms. The van der Waals surface area contributed by atoms with Crippen LogP contribution in [0.3, 0.4) is 0 Å². The summed E-state index contributed by atoms with van der Waals surface area (Å²) in [7, 11) is 1.40. The Morgan fingerprint density at radius 1 is 1.35 bits per heavy atom. The summed E-state index contributed by atoms with van der Waals surface area (Å²) in [5.41, 5.74) is 2.48. The predicted octanol–water partition coefficient (Wildman–Crippen LogP) is 4.95. The van der Waals surface area contributed by atoms with E-state index in [1.807, 2.05) is 23.6 Å². The van der Waals surface area contributed by atoms with Gasteiger partial charge in [0.15, 0.2) is 5.16 Å². The second kappa shape index (κ2) is 7.21. The zero-order chi connectivity index (χ0) is 16.2. The molecule has 0 spiro atoms. The summed E-state index contributed by atoms with van der Waals surface area (Å²) in [5, 5.41) is 2.78. The van der Waals surface area contributed by atoms with Gasteiger partial charge in [-0.2, -0.15) is 0 Å². The molecule has 1 aliphatic carbocycles. The summed E-state index contributed by atoms with van der Waals surface area (Å²) in [6.45, 7) is 3.83. The number of methoxy groups -OCH3 is 1. The molecule has 0 saturated heterocycles. The molecule has 5 heteroatoms. The topological polar surface area (TPSA) is 44.1 Å². The second-order valence-corrected chi connectivity index (χ2v) is 6.82. The first-order valence-corrected chi connectivity index (χ1v) is 9.00. The van der Waals surface area contributed by atoms with E-state index in [0.29, 0.717) is 11.6 Å². The van der Waals surface area contributed by atoms with Gasteiger partial charge in [0.2, 0.25) is 0 Å². The van der Waals surface area contributed by atoms with E-state index in [1.165, 1.54) is 45.6 Å². The third-order valence-corrected chi connectivity index (χ3v) is 5.12. The number of aromatic nitrogens is 2. The molecular weight excluding hydrogens is 308 g/mol. The normalized spacial score (nSPS) is 16.2. The van der Waals surface area contributed by atoms with Crippen LogP contribution in [0.15, 0.2) is 35.3 Å². The number of hydrogen-bond donors (Lipinski definition) is 0. The highest BCUT2D eigenvalue weighted by molar-refractivity contribution is 8.02. The van der Waals surface area contributed by atoms with Crippen molar-refractivity contribution in [2.24, 2.45) is 0 Å². The van der Waals surface area contributed by atoms with Gasteiger partial charge in [0.25, 0.3) is 0 Å². The standard InChI is InChI=1S/C18H22N2O2S/c1-3-23-18-19-15-12-13(17(21)22-2)10-11-16(15)20(18)14-8-6-4-5-7-9-14/h3,10-12,14H,1,4-9H2,2H3. The third-order valence-electron chi connectivity index (χ3n) is 4.46. The van der Waals surface area contributed by atoms with Gasteiger partial charge in [0.1, 0.15) is 0 Å². The number of carbonyl (C=O) groups is 1. The number of ether oxygens (including phenoxy) is 1. The van der Waals surface area contributed by atoms with Crippen LogP contribution in [0.25, 0.3) is 11.0 Å². The molecule has 0 radical (unpaired) electrons. The first-order valence-electron chi connectivity index (χ1n) is 8.12. The van der Waals surface area contributed by atoms with E-state index in [2.05, 4.69) is 11.1 Å². The average molecular weight is 330 g/mol. The van der Waals surface area contributed by atoms with Crippen molar-refractivity contribution in [3.05, 3.63) is 35.7 Å². The smallest absolute Gasteiger partial charge is 0.337 e. The van der Waals surface area contributed by atoms with Gasteiger partial charge < -0.3 is 9.30 Å². The van der Waals surface area contributed by atoms with Crippen molar-refractivity contribution < 1.29 is 9.53 Å². The molecule has 1 saturated carbocycles. The molecule has 0 aliphatic heterocycles. The fourth-order valence-electron chi connectivity index (χ4n) is 3.35. The fourth-order valence-corrected chi connectivity index (χ4v) is 4.01. The molecule has 0 atom stereocenters. The number of rotatable bonds is 4. The molecular formula is C18H22N2O2S. The molecule has 0 N–H and O–H groups in total. The van der Waals surface area contributed by atoms with Gasteiger partial charge in [-0.15, -0.1) is 0 Å². The minimum Gasteiger partial charge on any atom is -0.465 e. The van der Waals surface area contributed by atoms with Crippen LogP contribution in [-0.2, 0) is 4.74 Å². The number of thioether (sulfide) groups is 1. The number of benzene rings is 1. The van der Waals surface area contributed by atoms with Crippen LogP contribution in [0.1, 0.15) is 54.9 Å². The van der Waals surface area contributed by atoms with E-state index in [1.54, 1.807) is 11.8 Å².